The predicted molar refractivity (Wildman–Crippen MR) is 76.8 cm³/mol. The number of hydrogen-bond donors (Lipinski definition) is 1. The van der Waals surface area contributed by atoms with Crippen LogP contribution in [-0.4, -0.2) is 23.9 Å². The SMILES string of the molecule is CCCCCCCCCCCCCC1OC1CO. The Labute approximate surface area is 113 Å². The van der Waals surface area contributed by atoms with E-state index in [2.05, 4.69) is 6.92 Å². The summed E-state index contributed by atoms with van der Waals surface area (Å²) in [5, 5.41) is 8.83. The number of aliphatic hydroxyl groups is 1. The zero-order valence-electron chi connectivity index (χ0n) is 12.2. The van der Waals surface area contributed by atoms with Crippen molar-refractivity contribution in [2.75, 3.05) is 6.61 Å². The van der Waals surface area contributed by atoms with Gasteiger partial charge in [0.05, 0.1) is 12.7 Å². The van der Waals surface area contributed by atoms with Crippen molar-refractivity contribution >= 4 is 0 Å². The standard InChI is InChI=1S/C16H32O2/c1-2-3-4-5-6-7-8-9-10-11-12-13-15-16(14-17)18-15/h15-17H,2-14H2,1H3. The zero-order chi connectivity index (χ0) is 13.1. The Morgan fingerprint density at radius 2 is 1.22 bits per heavy atom. The van der Waals surface area contributed by atoms with Gasteiger partial charge in [-0.3, -0.25) is 0 Å². The highest BCUT2D eigenvalue weighted by Crippen LogP contribution is 2.26. The van der Waals surface area contributed by atoms with Crippen molar-refractivity contribution < 1.29 is 9.84 Å². The van der Waals surface area contributed by atoms with Gasteiger partial charge in [0.1, 0.15) is 6.10 Å². The first-order valence-electron chi connectivity index (χ1n) is 8.14. The molecule has 2 atom stereocenters. The van der Waals surface area contributed by atoms with E-state index in [0.717, 1.165) is 6.42 Å². The summed E-state index contributed by atoms with van der Waals surface area (Å²) in [6.45, 7) is 2.48. The molecule has 0 bridgehead atoms. The van der Waals surface area contributed by atoms with Crippen molar-refractivity contribution in [3.05, 3.63) is 0 Å². The monoisotopic (exact) mass is 256 g/mol. The van der Waals surface area contributed by atoms with Gasteiger partial charge in [-0.15, -0.1) is 0 Å². The molecule has 1 aliphatic rings. The Bertz CT molecular complexity index is 182. The average Bonchev–Trinajstić information content (AvgIpc) is 3.14. The molecule has 108 valence electrons. The minimum atomic E-state index is 0.174. The van der Waals surface area contributed by atoms with E-state index in [0.29, 0.717) is 6.10 Å². The maximum absolute atomic E-state index is 8.83. The topological polar surface area (TPSA) is 32.8 Å². The fourth-order valence-corrected chi connectivity index (χ4v) is 2.60. The number of hydrogen-bond acceptors (Lipinski definition) is 2. The van der Waals surface area contributed by atoms with Crippen LogP contribution in [0.4, 0.5) is 0 Å². The zero-order valence-corrected chi connectivity index (χ0v) is 12.2. The van der Waals surface area contributed by atoms with Crippen molar-refractivity contribution in [3.63, 3.8) is 0 Å². The minimum absolute atomic E-state index is 0.174. The normalized spacial score (nSPS) is 22.3. The molecule has 2 unspecified atom stereocenters. The van der Waals surface area contributed by atoms with Gasteiger partial charge in [0, 0.05) is 0 Å². The van der Waals surface area contributed by atoms with Crippen LogP contribution in [0.5, 0.6) is 0 Å². The molecule has 0 saturated carbocycles. The molecule has 1 saturated heterocycles. The molecule has 1 heterocycles. The maximum Gasteiger partial charge on any atom is 0.107 e. The van der Waals surface area contributed by atoms with Crippen LogP contribution in [-0.2, 0) is 4.74 Å². The summed E-state index contributed by atoms with van der Waals surface area (Å²) in [6, 6.07) is 0. The maximum atomic E-state index is 8.83. The molecule has 0 aromatic heterocycles. The molecule has 0 radical (unpaired) electrons. The summed E-state index contributed by atoms with van der Waals surface area (Å²) in [4.78, 5) is 0. The van der Waals surface area contributed by atoms with Gasteiger partial charge in [-0.1, -0.05) is 77.6 Å². The van der Waals surface area contributed by atoms with Gasteiger partial charge in [-0.25, -0.2) is 0 Å². The lowest BCUT2D eigenvalue weighted by atomic mass is 10.0. The smallest absolute Gasteiger partial charge is 0.107 e. The molecule has 2 heteroatoms. The summed E-state index contributed by atoms with van der Waals surface area (Å²) in [6.07, 6.45) is 17.0. The Kier molecular flexibility index (Phi) is 9.59. The van der Waals surface area contributed by atoms with Crippen molar-refractivity contribution in [2.24, 2.45) is 0 Å². The first-order valence-corrected chi connectivity index (χ1v) is 8.14. The summed E-state index contributed by atoms with van der Waals surface area (Å²) in [5.41, 5.74) is 0. The number of aliphatic hydroxyl groups excluding tert-OH is 1. The molecule has 1 rings (SSSR count). The van der Waals surface area contributed by atoms with Gasteiger partial charge in [-0.05, 0) is 6.42 Å². The Morgan fingerprint density at radius 1 is 0.722 bits per heavy atom. The van der Waals surface area contributed by atoms with Gasteiger partial charge >= 0.3 is 0 Å². The highest BCUT2D eigenvalue weighted by Gasteiger charge is 2.36. The third kappa shape index (κ3) is 8.10. The first kappa shape index (κ1) is 16.0. The van der Waals surface area contributed by atoms with Crippen LogP contribution in [0.1, 0.15) is 84.0 Å². The fourth-order valence-electron chi connectivity index (χ4n) is 2.60. The van der Waals surface area contributed by atoms with E-state index >= 15 is 0 Å². The van der Waals surface area contributed by atoms with Gasteiger partial charge in [-0.2, -0.15) is 0 Å². The minimum Gasteiger partial charge on any atom is -0.394 e. The van der Waals surface area contributed by atoms with Crippen LogP contribution in [0.25, 0.3) is 0 Å². The quantitative estimate of drug-likeness (QED) is 0.390. The second-order valence-electron chi connectivity index (χ2n) is 5.72. The Hall–Kier alpha value is -0.0800. The third-order valence-corrected chi connectivity index (χ3v) is 3.96. The largest absolute Gasteiger partial charge is 0.394 e. The fraction of sp³-hybridized carbons (Fsp3) is 1.00. The molecule has 2 nitrogen and oxygen atoms in total. The van der Waals surface area contributed by atoms with E-state index in [4.69, 9.17) is 9.84 Å². The molecular weight excluding hydrogens is 224 g/mol. The van der Waals surface area contributed by atoms with E-state index in [-0.39, 0.29) is 12.7 Å². The number of ether oxygens (including phenoxy) is 1. The van der Waals surface area contributed by atoms with Crippen LogP contribution >= 0.6 is 0 Å². The lowest BCUT2D eigenvalue weighted by Gasteiger charge is -2.02. The van der Waals surface area contributed by atoms with E-state index in [1.54, 1.807) is 0 Å². The summed E-state index contributed by atoms with van der Waals surface area (Å²) in [7, 11) is 0. The lowest BCUT2D eigenvalue weighted by molar-refractivity contribution is 0.241. The third-order valence-electron chi connectivity index (χ3n) is 3.96. The molecule has 0 aromatic carbocycles. The molecule has 18 heavy (non-hydrogen) atoms. The average molecular weight is 256 g/mol. The van der Waals surface area contributed by atoms with Crippen molar-refractivity contribution in [1.29, 1.82) is 0 Å². The van der Waals surface area contributed by atoms with Crippen LogP contribution < -0.4 is 0 Å². The van der Waals surface area contributed by atoms with Crippen molar-refractivity contribution in [3.8, 4) is 0 Å². The molecule has 1 fully saturated rings. The molecule has 0 aromatic rings. The molecular formula is C16H32O2. The second kappa shape index (κ2) is 10.8. The summed E-state index contributed by atoms with van der Waals surface area (Å²) >= 11 is 0. The Balaban J connectivity index is 1.66. The van der Waals surface area contributed by atoms with E-state index < -0.39 is 0 Å². The van der Waals surface area contributed by atoms with Gasteiger partial charge in [0.25, 0.3) is 0 Å². The molecule has 0 amide bonds. The number of rotatable bonds is 13. The van der Waals surface area contributed by atoms with Crippen molar-refractivity contribution in [1.82, 2.24) is 0 Å². The number of unbranched alkanes of at least 4 members (excludes halogenated alkanes) is 10. The number of epoxide rings is 1. The first-order chi connectivity index (χ1) is 8.88. The molecule has 0 spiro atoms. The second-order valence-corrected chi connectivity index (χ2v) is 5.72. The Morgan fingerprint density at radius 3 is 1.67 bits per heavy atom. The van der Waals surface area contributed by atoms with E-state index in [9.17, 15) is 0 Å². The highest BCUT2D eigenvalue weighted by atomic mass is 16.6. The highest BCUT2D eigenvalue weighted by molar-refractivity contribution is 4.83. The van der Waals surface area contributed by atoms with Crippen molar-refractivity contribution in [2.45, 2.75) is 96.2 Å². The predicted octanol–water partition coefficient (Wildman–Crippen LogP) is 4.45. The van der Waals surface area contributed by atoms with Crippen LogP contribution in [0.15, 0.2) is 0 Å². The van der Waals surface area contributed by atoms with Gasteiger partial charge in [0.15, 0.2) is 0 Å². The summed E-state index contributed by atoms with van der Waals surface area (Å²) < 4.78 is 5.31. The molecule has 1 N–H and O–H groups in total. The lowest BCUT2D eigenvalue weighted by Crippen LogP contribution is -1.98. The van der Waals surface area contributed by atoms with E-state index in [1.165, 1.54) is 70.6 Å². The van der Waals surface area contributed by atoms with Gasteiger partial charge < -0.3 is 9.84 Å². The van der Waals surface area contributed by atoms with Gasteiger partial charge in [0.2, 0.25) is 0 Å². The van der Waals surface area contributed by atoms with Crippen LogP contribution in [0.2, 0.25) is 0 Å². The molecule has 0 aliphatic carbocycles. The summed E-state index contributed by atoms with van der Waals surface area (Å²) in [5.74, 6) is 0. The van der Waals surface area contributed by atoms with E-state index in [1.807, 2.05) is 0 Å². The van der Waals surface area contributed by atoms with Crippen LogP contribution in [0, 0.1) is 0 Å². The van der Waals surface area contributed by atoms with Crippen LogP contribution in [0.3, 0.4) is 0 Å². The molecule has 1 aliphatic heterocycles.